The summed E-state index contributed by atoms with van der Waals surface area (Å²) in [6.45, 7) is 0.875. The van der Waals surface area contributed by atoms with Crippen LogP contribution in [0.5, 0.6) is 0 Å². The number of benzene rings is 2. The molecular weight excluding hydrogens is 527 g/mol. The monoisotopic (exact) mass is 549 g/mol. The molecule has 9 nitrogen and oxygen atoms in total. The highest BCUT2D eigenvalue weighted by Crippen LogP contribution is 2.35. The molecule has 2 aliphatic rings. The second-order valence-electron chi connectivity index (χ2n) is 8.75. The Morgan fingerprint density at radius 3 is 2.55 bits per heavy atom. The van der Waals surface area contributed by atoms with Gasteiger partial charge >= 0.3 is 6.18 Å². The van der Waals surface area contributed by atoms with Gasteiger partial charge in [-0.3, -0.25) is 29.4 Å². The molecule has 13 heteroatoms. The van der Waals surface area contributed by atoms with Gasteiger partial charge in [-0.2, -0.15) is 13.2 Å². The molecule has 0 saturated carbocycles. The lowest BCUT2D eigenvalue weighted by Gasteiger charge is -2.28. The van der Waals surface area contributed by atoms with Gasteiger partial charge in [0.2, 0.25) is 11.8 Å². The average molecular weight is 550 g/mol. The molecule has 3 N–H and O–H groups in total. The summed E-state index contributed by atoms with van der Waals surface area (Å²) in [7, 11) is 1.81. The van der Waals surface area contributed by atoms with Crippen LogP contribution < -0.4 is 20.9 Å². The van der Waals surface area contributed by atoms with Crippen LogP contribution in [0, 0.1) is 0 Å². The number of imide groups is 2. The van der Waals surface area contributed by atoms with E-state index in [1.54, 1.807) is 18.2 Å². The van der Waals surface area contributed by atoms with Crippen molar-refractivity contribution < 1.29 is 32.3 Å². The van der Waals surface area contributed by atoms with Gasteiger partial charge < -0.3 is 15.5 Å². The van der Waals surface area contributed by atoms with Gasteiger partial charge in [0.25, 0.3) is 11.8 Å². The van der Waals surface area contributed by atoms with E-state index in [-0.39, 0.29) is 23.6 Å². The number of carbonyl (C=O) groups excluding carboxylic acids is 4. The van der Waals surface area contributed by atoms with E-state index in [0.717, 1.165) is 22.7 Å². The molecule has 0 radical (unpaired) electrons. The largest absolute Gasteiger partial charge is 0.417 e. The predicted octanol–water partition coefficient (Wildman–Crippen LogP) is 3.38. The molecule has 200 valence electrons. The van der Waals surface area contributed by atoms with Crippen molar-refractivity contribution in [3.05, 3.63) is 64.8 Å². The van der Waals surface area contributed by atoms with E-state index in [9.17, 15) is 32.3 Å². The van der Waals surface area contributed by atoms with Crippen LogP contribution in [-0.2, 0) is 25.4 Å². The van der Waals surface area contributed by atoms with E-state index < -0.39 is 41.4 Å². The first kappa shape index (κ1) is 27.0. The Hall–Kier alpha value is -4.06. The Morgan fingerprint density at radius 2 is 1.87 bits per heavy atom. The maximum Gasteiger partial charge on any atom is 0.417 e. The Morgan fingerprint density at radius 1 is 1.11 bits per heavy atom. The average Bonchev–Trinajstić information content (AvgIpc) is 3.11. The number of likely N-dealkylation sites (N-methyl/N-ethyl adjacent to an activating group) is 1. The molecule has 4 rings (SSSR count). The minimum Gasteiger partial charge on any atom is -0.383 e. The molecule has 2 aromatic rings. The van der Waals surface area contributed by atoms with Gasteiger partial charge in [-0.15, -0.1) is 0 Å². The number of carbonyl (C=O) groups is 4. The van der Waals surface area contributed by atoms with E-state index in [2.05, 4.69) is 16.0 Å². The van der Waals surface area contributed by atoms with Crippen LogP contribution in [-0.4, -0.2) is 54.7 Å². The molecule has 2 aromatic carbocycles. The summed E-state index contributed by atoms with van der Waals surface area (Å²) in [5.41, 5.74) is 0.837. The van der Waals surface area contributed by atoms with Gasteiger partial charge in [0.05, 0.1) is 10.6 Å². The Balaban J connectivity index is 1.35. The van der Waals surface area contributed by atoms with Crippen LogP contribution in [0.4, 0.5) is 30.2 Å². The maximum atomic E-state index is 12.9. The van der Waals surface area contributed by atoms with Gasteiger partial charge in [-0.05, 0) is 42.8 Å². The Kier molecular flexibility index (Phi) is 7.63. The number of amides is 4. The van der Waals surface area contributed by atoms with Gasteiger partial charge in [0, 0.05) is 49.7 Å². The van der Waals surface area contributed by atoms with Crippen LogP contribution in [0.15, 0.2) is 54.2 Å². The first-order chi connectivity index (χ1) is 17.9. The summed E-state index contributed by atoms with van der Waals surface area (Å²) in [4.78, 5) is 51.6. The molecular formula is C25H23ClF3N5O4. The fourth-order valence-electron chi connectivity index (χ4n) is 4.13. The van der Waals surface area contributed by atoms with Crippen LogP contribution in [0.1, 0.15) is 18.4 Å². The number of alkyl halides is 3. The zero-order chi connectivity index (χ0) is 27.6. The molecule has 0 bridgehead atoms. The lowest BCUT2D eigenvalue weighted by molar-refractivity contribution is -0.149. The Bertz CT molecular complexity index is 1330. The second kappa shape index (κ2) is 10.7. The number of rotatable bonds is 8. The minimum absolute atomic E-state index is 0.000326. The quantitative estimate of drug-likeness (QED) is 0.433. The number of nitrogens with one attached hydrogen (secondary N) is 3. The maximum absolute atomic E-state index is 12.9. The fourth-order valence-corrected chi connectivity index (χ4v) is 4.41. The van der Waals surface area contributed by atoms with Crippen molar-refractivity contribution in [1.29, 1.82) is 0 Å². The number of hydrogen-bond donors (Lipinski definition) is 3. The van der Waals surface area contributed by atoms with Gasteiger partial charge in [0.15, 0.2) is 0 Å². The highest BCUT2D eigenvalue weighted by Gasteiger charge is 2.42. The first-order valence-electron chi connectivity index (χ1n) is 11.6. The molecule has 4 amide bonds. The highest BCUT2D eigenvalue weighted by atomic mass is 35.5. The van der Waals surface area contributed by atoms with E-state index in [0.29, 0.717) is 24.5 Å². The summed E-state index contributed by atoms with van der Waals surface area (Å²) >= 11 is 5.76. The van der Waals surface area contributed by atoms with E-state index in [4.69, 9.17) is 11.6 Å². The molecule has 1 unspecified atom stereocenters. The molecule has 0 aromatic heterocycles. The van der Waals surface area contributed by atoms with Crippen molar-refractivity contribution in [3.8, 4) is 0 Å². The molecule has 38 heavy (non-hydrogen) atoms. The fraction of sp³-hybridized carbons (Fsp3) is 0.280. The van der Waals surface area contributed by atoms with Gasteiger partial charge in [-0.25, -0.2) is 0 Å². The number of halogens is 4. The molecule has 2 heterocycles. The minimum atomic E-state index is -4.52. The summed E-state index contributed by atoms with van der Waals surface area (Å²) in [6, 6.07) is 9.44. The third kappa shape index (κ3) is 5.91. The summed E-state index contributed by atoms with van der Waals surface area (Å²) in [6.07, 6.45) is -3.31. The van der Waals surface area contributed by atoms with E-state index in [1.807, 2.05) is 18.0 Å². The zero-order valence-electron chi connectivity index (χ0n) is 20.1. The normalized spacial score (nSPS) is 17.9. The molecule has 0 aliphatic carbocycles. The van der Waals surface area contributed by atoms with E-state index >= 15 is 0 Å². The summed E-state index contributed by atoms with van der Waals surface area (Å²) in [5, 5.41) is 7.70. The van der Waals surface area contributed by atoms with Crippen molar-refractivity contribution in [3.63, 3.8) is 0 Å². The van der Waals surface area contributed by atoms with Crippen molar-refractivity contribution in [2.24, 2.45) is 0 Å². The van der Waals surface area contributed by atoms with Crippen molar-refractivity contribution in [2.75, 3.05) is 35.7 Å². The third-order valence-electron chi connectivity index (χ3n) is 6.09. The second-order valence-corrected chi connectivity index (χ2v) is 9.16. The lowest BCUT2D eigenvalue weighted by Crippen LogP contribution is -2.54. The molecule has 1 saturated heterocycles. The van der Waals surface area contributed by atoms with Crippen LogP contribution in [0.2, 0.25) is 5.02 Å². The van der Waals surface area contributed by atoms with Gasteiger partial charge in [-0.1, -0.05) is 17.7 Å². The standard InChI is InChI=1S/C25H23ClF3N5O4/c1-33(10-9-30-14-5-6-17(18(26)12-14)25(27,28)29)16-4-2-3-15(11-16)31-19-13-22(36)34(24(19)38)20-7-8-21(35)32-23(20)37/h2-6,11-13,20,30-31H,7-10H2,1H3,(H,32,35,37). The van der Waals surface area contributed by atoms with Crippen molar-refractivity contribution >= 4 is 52.3 Å². The lowest BCUT2D eigenvalue weighted by atomic mass is 10.0. The number of nitrogens with zero attached hydrogens (tertiary/aromatic N) is 2. The SMILES string of the molecule is CN(CCNc1ccc(C(F)(F)F)c(Cl)c1)c1cccc(NC2=CC(=O)N(C3CCC(=O)NC3=O)C2=O)c1. The van der Waals surface area contributed by atoms with E-state index in [1.165, 1.54) is 12.1 Å². The molecule has 0 spiro atoms. The van der Waals surface area contributed by atoms with Gasteiger partial charge in [0.1, 0.15) is 11.7 Å². The van der Waals surface area contributed by atoms with Crippen LogP contribution >= 0.6 is 11.6 Å². The number of piperidine rings is 1. The molecule has 1 fully saturated rings. The summed E-state index contributed by atoms with van der Waals surface area (Å²) in [5.74, 6) is -2.44. The summed E-state index contributed by atoms with van der Waals surface area (Å²) < 4.78 is 38.6. The zero-order valence-corrected chi connectivity index (χ0v) is 20.8. The molecule has 2 aliphatic heterocycles. The third-order valence-corrected chi connectivity index (χ3v) is 6.41. The topological polar surface area (TPSA) is 111 Å². The predicted molar refractivity (Wildman–Crippen MR) is 134 cm³/mol. The molecule has 1 atom stereocenters. The number of hydrogen-bond acceptors (Lipinski definition) is 7. The first-order valence-corrected chi connectivity index (χ1v) is 11.9. The number of anilines is 3. The van der Waals surface area contributed by atoms with Crippen LogP contribution in [0.3, 0.4) is 0 Å². The Labute approximate surface area is 220 Å². The smallest absolute Gasteiger partial charge is 0.383 e. The van der Waals surface area contributed by atoms with Crippen molar-refractivity contribution in [1.82, 2.24) is 10.2 Å². The van der Waals surface area contributed by atoms with Crippen molar-refractivity contribution in [2.45, 2.75) is 25.1 Å². The highest BCUT2D eigenvalue weighted by molar-refractivity contribution is 6.31. The van der Waals surface area contributed by atoms with Crippen LogP contribution in [0.25, 0.3) is 0 Å².